The van der Waals surface area contributed by atoms with E-state index in [1.165, 1.54) is 0 Å². The van der Waals surface area contributed by atoms with Crippen molar-refractivity contribution in [1.29, 1.82) is 0 Å². The van der Waals surface area contributed by atoms with E-state index >= 15 is 0 Å². The summed E-state index contributed by atoms with van der Waals surface area (Å²) in [6, 6.07) is 9.75. The maximum Gasteiger partial charge on any atom is 0.103 e. The summed E-state index contributed by atoms with van der Waals surface area (Å²) in [7, 11) is 0. The average Bonchev–Trinajstić information content (AvgIpc) is 2.85. The van der Waals surface area contributed by atoms with E-state index in [2.05, 4.69) is 17.3 Å². The highest BCUT2D eigenvalue weighted by molar-refractivity contribution is 7.98. The monoisotopic (exact) mass is 279 g/mol. The van der Waals surface area contributed by atoms with Crippen molar-refractivity contribution in [1.82, 2.24) is 4.98 Å². The first-order valence-electron chi connectivity index (χ1n) is 6.03. The fourth-order valence-corrected chi connectivity index (χ4v) is 3.25. The molecule has 4 heteroatoms. The number of aromatic nitrogens is 1. The Balaban J connectivity index is 1.95. The van der Waals surface area contributed by atoms with Crippen molar-refractivity contribution in [2.75, 3.05) is 5.75 Å². The minimum Gasteiger partial charge on any atom is -0.388 e. The Morgan fingerprint density at radius 3 is 2.83 bits per heavy atom. The van der Waals surface area contributed by atoms with Gasteiger partial charge in [0.2, 0.25) is 0 Å². The Bertz CT molecular complexity index is 470. The van der Waals surface area contributed by atoms with Crippen LogP contribution in [0.15, 0.2) is 35.7 Å². The molecule has 18 heavy (non-hydrogen) atoms. The molecule has 0 saturated heterocycles. The smallest absolute Gasteiger partial charge is 0.103 e. The van der Waals surface area contributed by atoms with Crippen molar-refractivity contribution in [3.63, 3.8) is 0 Å². The molecule has 1 aromatic carbocycles. The minimum atomic E-state index is -0.458. The average molecular weight is 279 g/mol. The van der Waals surface area contributed by atoms with Gasteiger partial charge in [-0.1, -0.05) is 37.3 Å². The first-order chi connectivity index (χ1) is 8.79. The summed E-state index contributed by atoms with van der Waals surface area (Å²) < 4.78 is 0. The molecular formula is C14H17NOS2. The molecule has 2 aromatic rings. The third kappa shape index (κ3) is 3.83. The number of nitrogens with zero attached hydrogens (tertiary/aromatic N) is 1. The molecule has 2 rings (SSSR count). The zero-order valence-electron chi connectivity index (χ0n) is 10.4. The van der Waals surface area contributed by atoms with Gasteiger partial charge in [-0.3, -0.25) is 0 Å². The fraction of sp³-hybridized carbons (Fsp3) is 0.357. The quantitative estimate of drug-likeness (QED) is 0.876. The predicted molar refractivity (Wildman–Crippen MR) is 79.1 cm³/mol. The maximum atomic E-state index is 10.1. The van der Waals surface area contributed by atoms with Crippen LogP contribution in [-0.2, 0) is 12.2 Å². The van der Waals surface area contributed by atoms with E-state index in [0.29, 0.717) is 6.42 Å². The van der Waals surface area contributed by atoms with Gasteiger partial charge in [0.25, 0.3) is 0 Å². The molecule has 0 amide bonds. The van der Waals surface area contributed by atoms with Crippen LogP contribution in [0.25, 0.3) is 0 Å². The van der Waals surface area contributed by atoms with Gasteiger partial charge in [-0.15, -0.1) is 11.3 Å². The van der Waals surface area contributed by atoms with Crippen molar-refractivity contribution in [2.45, 2.75) is 25.2 Å². The normalized spacial score (nSPS) is 12.6. The van der Waals surface area contributed by atoms with E-state index in [1.54, 1.807) is 11.3 Å². The van der Waals surface area contributed by atoms with E-state index in [0.717, 1.165) is 27.8 Å². The number of rotatable bonds is 6. The van der Waals surface area contributed by atoms with Crippen molar-refractivity contribution < 1.29 is 5.11 Å². The molecule has 0 radical (unpaired) electrons. The Morgan fingerprint density at radius 2 is 2.11 bits per heavy atom. The molecule has 0 aliphatic rings. The molecule has 1 N–H and O–H groups in total. The van der Waals surface area contributed by atoms with E-state index in [-0.39, 0.29) is 0 Å². The standard InChI is InChI=1S/C14H17NOS2/c1-2-17-10-14-15-12(9-18-14)8-13(16)11-6-4-3-5-7-11/h3-7,9,13,16H,2,8,10H2,1H3. The number of hydrogen-bond acceptors (Lipinski definition) is 4. The highest BCUT2D eigenvalue weighted by atomic mass is 32.2. The largest absolute Gasteiger partial charge is 0.388 e. The lowest BCUT2D eigenvalue weighted by atomic mass is 10.1. The van der Waals surface area contributed by atoms with Crippen LogP contribution in [0.3, 0.4) is 0 Å². The van der Waals surface area contributed by atoms with Crippen LogP contribution in [-0.4, -0.2) is 15.8 Å². The minimum absolute atomic E-state index is 0.458. The molecule has 0 aliphatic heterocycles. The molecule has 0 bridgehead atoms. The van der Waals surface area contributed by atoms with Gasteiger partial charge in [-0.05, 0) is 11.3 Å². The zero-order valence-corrected chi connectivity index (χ0v) is 12.0. The second-order valence-corrected chi connectivity index (χ2v) is 6.22. The predicted octanol–water partition coefficient (Wildman–Crippen LogP) is 3.67. The molecular weight excluding hydrogens is 262 g/mol. The Hall–Kier alpha value is -0.840. The van der Waals surface area contributed by atoms with Crippen LogP contribution < -0.4 is 0 Å². The van der Waals surface area contributed by atoms with Crippen LogP contribution in [0.2, 0.25) is 0 Å². The second-order valence-electron chi connectivity index (χ2n) is 4.00. The number of aliphatic hydroxyl groups excluding tert-OH is 1. The van der Waals surface area contributed by atoms with Crippen molar-refractivity contribution in [3.8, 4) is 0 Å². The summed E-state index contributed by atoms with van der Waals surface area (Å²) in [5.74, 6) is 2.09. The highest BCUT2D eigenvalue weighted by Crippen LogP contribution is 2.21. The highest BCUT2D eigenvalue weighted by Gasteiger charge is 2.10. The molecule has 1 aromatic heterocycles. The van der Waals surface area contributed by atoms with Crippen LogP contribution in [0.4, 0.5) is 0 Å². The summed E-state index contributed by atoms with van der Waals surface area (Å²) in [6.07, 6.45) is 0.136. The summed E-state index contributed by atoms with van der Waals surface area (Å²) in [5.41, 5.74) is 1.94. The van der Waals surface area contributed by atoms with E-state index in [9.17, 15) is 5.11 Å². The molecule has 1 heterocycles. The van der Waals surface area contributed by atoms with Gasteiger partial charge >= 0.3 is 0 Å². The first kappa shape index (κ1) is 13.6. The molecule has 1 unspecified atom stereocenters. The van der Waals surface area contributed by atoms with Crippen LogP contribution in [0.1, 0.15) is 29.3 Å². The third-order valence-corrected chi connectivity index (χ3v) is 4.58. The molecule has 96 valence electrons. The molecule has 0 saturated carbocycles. The molecule has 1 atom stereocenters. The third-order valence-electron chi connectivity index (χ3n) is 2.62. The van der Waals surface area contributed by atoms with E-state index in [4.69, 9.17) is 0 Å². The maximum absolute atomic E-state index is 10.1. The number of benzene rings is 1. The van der Waals surface area contributed by atoms with Crippen LogP contribution >= 0.6 is 23.1 Å². The second kappa shape index (κ2) is 6.92. The summed E-state index contributed by atoms with van der Waals surface area (Å²) in [6.45, 7) is 2.15. The lowest BCUT2D eigenvalue weighted by Crippen LogP contribution is -2.01. The Kier molecular flexibility index (Phi) is 5.23. The van der Waals surface area contributed by atoms with Gasteiger partial charge < -0.3 is 5.11 Å². The van der Waals surface area contributed by atoms with Crippen molar-refractivity contribution >= 4 is 23.1 Å². The molecule has 0 spiro atoms. The number of thiazole rings is 1. The van der Waals surface area contributed by atoms with Gasteiger partial charge in [-0.25, -0.2) is 4.98 Å². The van der Waals surface area contributed by atoms with Gasteiger partial charge in [0.1, 0.15) is 5.01 Å². The topological polar surface area (TPSA) is 33.1 Å². The van der Waals surface area contributed by atoms with Gasteiger partial charge in [0.05, 0.1) is 11.8 Å². The fourth-order valence-electron chi connectivity index (χ4n) is 1.69. The molecule has 0 fully saturated rings. The van der Waals surface area contributed by atoms with Gasteiger partial charge in [0, 0.05) is 17.6 Å². The SMILES string of the molecule is CCSCc1nc(CC(O)c2ccccc2)cs1. The summed E-state index contributed by atoms with van der Waals surface area (Å²) in [4.78, 5) is 4.55. The summed E-state index contributed by atoms with van der Waals surface area (Å²) >= 11 is 3.56. The van der Waals surface area contributed by atoms with Crippen LogP contribution in [0, 0.1) is 0 Å². The lowest BCUT2D eigenvalue weighted by molar-refractivity contribution is 0.177. The van der Waals surface area contributed by atoms with Gasteiger partial charge in [0.15, 0.2) is 0 Å². The molecule has 0 aliphatic carbocycles. The Labute approximate surface area is 116 Å². The van der Waals surface area contributed by atoms with E-state index < -0.39 is 6.10 Å². The zero-order chi connectivity index (χ0) is 12.8. The van der Waals surface area contributed by atoms with Crippen LogP contribution in [0.5, 0.6) is 0 Å². The van der Waals surface area contributed by atoms with Crippen molar-refractivity contribution in [2.24, 2.45) is 0 Å². The van der Waals surface area contributed by atoms with E-state index in [1.807, 2.05) is 42.1 Å². The molecule has 2 nitrogen and oxygen atoms in total. The first-order valence-corrected chi connectivity index (χ1v) is 8.07. The van der Waals surface area contributed by atoms with Gasteiger partial charge in [-0.2, -0.15) is 11.8 Å². The number of thioether (sulfide) groups is 1. The summed E-state index contributed by atoms with van der Waals surface area (Å²) in [5, 5.41) is 13.3. The van der Waals surface area contributed by atoms with Crippen molar-refractivity contribution in [3.05, 3.63) is 52.0 Å². The number of hydrogen-bond donors (Lipinski definition) is 1. The number of aliphatic hydroxyl groups is 1. The Morgan fingerprint density at radius 1 is 1.33 bits per heavy atom. The lowest BCUT2D eigenvalue weighted by Gasteiger charge is -2.08.